The maximum atomic E-state index is 12.0. The Morgan fingerprint density at radius 2 is 1.52 bits per heavy atom. The SMILES string of the molecule is CCCCCCCC(=O)CCC[Si](OCC)(OCC)OC(C)S. The number of rotatable bonds is 16. The van der Waals surface area contributed by atoms with Crippen LogP contribution in [0.15, 0.2) is 0 Å². The molecule has 0 aromatic carbocycles. The fourth-order valence-electron chi connectivity index (χ4n) is 2.57. The zero-order valence-electron chi connectivity index (χ0n) is 15.4. The summed E-state index contributed by atoms with van der Waals surface area (Å²) in [6, 6.07) is 0.682. The van der Waals surface area contributed by atoms with E-state index < -0.39 is 8.80 Å². The minimum Gasteiger partial charge on any atom is -0.374 e. The lowest BCUT2D eigenvalue weighted by Gasteiger charge is -2.30. The third kappa shape index (κ3) is 12.2. The molecule has 6 heteroatoms. The Kier molecular flexibility index (Phi) is 14.5. The van der Waals surface area contributed by atoms with E-state index in [0.29, 0.717) is 37.9 Å². The molecule has 1 unspecified atom stereocenters. The average Bonchev–Trinajstić information content (AvgIpc) is 2.47. The monoisotopic (exact) mass is 364 g/mol. The molecule has 23 heavy (non-hydrogen) atoms. The largest absolute Gasteiger partial charge is 0.501 e. The van der Waals surface area contributed by atoms with Crippen LogP contribution in [-0.2, 0) is 18.1 Å². The van der Waals surface area contributed by atoms with E-state index in [1.54, 1.807) is 0 Å². The molecule has 0 fully saturated rings. The van der Waals surface area contributed by atoms with E-state index in [9.17, 15) is 4.79 Å². The van der Waals surface area contributed by atoms with Gasteiger partial charge in [0.2, 0.25) is 0 Å². The number of carbonyl (C=O) groups is 1. The smallest absolute Gasteiger partial charge is 0.374 e. The highest BCUT2D eigenvalue weighted by Crippen LogP contribution is 2.22. The molecule has 0 aliphatic rings. The third-order valence-corrected chi connectivity index (χ3v) is 7.02. The van der Waals surface area contributed by atoms with Gasteiger partial charge < -0.3 is 13.3 Å². The highest BCUT2D eigenvalue weighted by atomic mass is 32.1. The lowest BCUT2D eigenvalue weighted by atomic mass is 10.1. The molecule has 0 amide bonds. The summed E-state index contributed by atoms with van der Waals surface area (Å²) in [6.07, 6.45) is 7.98. The van der Waals surface area contributed by atoms with Crippen LogP contribution in [-0.4, -0.2) is 33.2 Å². The first kappa shape index (κ1) is 23.1. The predicted octanol–water partition coefficient (Wildman–Crippen LogP) is 5.00. The van der Waals surface area contributed by atoms with Crippen molar-refractivity contribution in [2.75, 3.05) is 13.2 Å². The Morgan fingerprint density at radius 3 is 2.04 bits per heavy atom. The second-order valence-corrected chi connectivity index (χ2v) is 9.23. The number of unbranched alkanes of at least 4 members (excludes halogenated alkanes) is 4. The first-order chi connectivity index (χ1) is 11.0. The Labute approximate surface area is 149 Å². The van der Waals surface area contributed by atoms with E-state index in [4.69, 9.17) is 13.3 Å². The van der Waals surface area contributed by atoms with Gasteiger partial charge in [-0.25, -0.2) is 0 Å². The lowest BCUT2D eigenvalue weighted by Crippen LogP contribution is -2.47. The molecular weight excluding hydrogens is 328 g/mol. The van der Waals surface area contributed by atoms with Crippen LogP contribution in [0.25, 0.3) is 0 Å². The van der Waals surface area contributed by atoms with Crippen LogP contribution in [0.3, 0.4) is 0 Å². The van der Waals surface area contributed by atoms with Crippen molar-refractivity contribution in [3.63, 3.8) is 0 Å². The molecule has 0 aromatic heterocycles. The number of hydrogen-bond donors (Lipinski definition) is 1. The Hall–Kier alpha value is 0.117. The van der Waals surface area contributed by atoms with E-state index in [2.05, 4.69) is 19.6 Å². The van der Waals surface area contributed by atoms with Crippen molar-refractivity contribution < 1.29 is 18.1 Å². The number of carbonyl (C=O) groups excluding carboxylic acids is 1. The van der Waals surface area contributed by atoms with Crippen LogP contribution < -0.4 is 0 Å². The summed E-state index contributed by atoms with van der Waals surface area (Å²) in [7, 11) is -2.70. The summed E-state index contributed by atoms with van der Waals surface area (Å²) in [4.78, 5) is 12.0. The maximum absolute atomic E-state index is 12.0. The highest BCUT2D eigenvalue weighted by Gasteiger charge is 2.41. The summed E-state index contributed by atoms with van der Waals surface area (Å²) >= 11 is 4.30. The van der Waals surface area contributed by atoms with E-state index in [1.807, 2.05) is 20.8 Å². The molecule has 0 saturated heterocycles. The first-order valence-corrected chi connectivity index (χ1v) is 11.6. The van der Waals surface area contributed by atoms with Crippen molar-refractivity contribution in [1.82, 2.24) is 0 Å². The zero-order chi connectivity index (χ0) is 17.6. The molecule has 0 heterocycles. The maximum Gasteiger partial charge on any atom is 0.501 e. The second kappa shape index (κ2) is 14.5. The van der Waals surface area contributed by atoms with Crippen molar-refractivity contribution in [3.8, 4) is 0 Å². The Morgan fingerprint density at radius 1 is 0.957 bits per heavy atom. The van der Waals surface area contributed by atoms with Gasteiger partial charge in [0.25, 0.3) is 0 Å². The van der Waals surface area contributed by atoms with E-state index in [0.717, 1.165) is 19.3 Å². The van der Waals surface area contributed by atoms with Gasteiger partial charge in [0, 0.05) is 32.1 Å². The van der Waals surface area contributed by atoms with Gasteiger partial charge in [0.05, 0.1) is 5.44 Å². The Bertz CT molecular complexity index is 294. The number of Topliss-reactive ketones (excluding diaryl/α,β-unsaturated/α-hetero) is 1. The number of thiol groups is 1. The van der Waals surface area contributed by atoms with Crippen LogP contribution in [0.2, 0.25) is 6.04 Å². The summed E-state index contributed by atoms with van der Waals surface area (Å²) in [6.45, 7) is 9.05. The molecule has 4 nitrogen and oxygen atoms in total. The minimum absolute atomic E-state index is 0.228. The minimum atomic E-state index is -2.70. The van der Waals surface area contributed by atoms with E-state index >= 15 is 0 Å². The molecule has 0 rings (SSSR count). The zero-order valence-corrected chi connectivity index (χ0v) is 17.3. The number of hydrogen-bond acceptors (Lipinski definition) is 5. The van der Waals surface area contributed by atoms with Gasteiger partial charge >= 0.3 is 8.80 Å². The van der Waals surface area contributed by atoms with E-state index in [1.165, 1.54) is 19.3 Å². The lowest BCUT2D eigenvalue weighted by molar-refractivity contribution is -0.119. The van der Waals surface area contributed by atoms with E-state index in [-0.39, 0.29) is 5.44 Å². The molecule has 0 saturated carbocycles. The molecule has 0 aliphatic heterocycles. The van der Waals surface area contributed by atoms with Crippen molar-refractivity contribution in [1.29, 1.82) is 0 Å². The van der Waals surface area contributed by atoms with Gasteiger partial charge in [0.15, 0.2) is 0 Å². The van der Waals surface area contributed by atoms with Crippen LogP contribution in [0.5, 0.6) is 0 Å². The van der Waals surface area contributed by atoms with Gasteiger partial charge in [-0.05, 0) is 33.6 Å². The topological polar surface area (TPSA) is 44.8 Å². The summed E-state index contributed by atoms with van der Waals surface area (Å²) in [5.74, 6) is 0.344. The van der Waals surface area contributed by atoms with Gasteiger partial charge in [-0.15, -0.1) is 12.6 Å². The van der Waals surface area contributed by atoms with Gasteiger partial charge in [-0.1, -0.05) is 32.6 Å². The van der Waals surface area contributed by atoms with Gasteiger partial charge in [-0.3, -0.25) is 4.79 Å². The van der Waals surface area contributed by atoms with Crippen LogP contribution in [0.1, 0.15) is 79.1 Å². The summed E-state index contributed by atoms with van der Waals surface area (Å²) in [5.41, 5.74) is -0.228. The quantitative estimate of drug-likeness (QED) is 0.181. The van der Waals surface area contributed by atoms with Crippen molar-refractivity contribution >= 4 is 27.2 Å². The van der Waals surface area contributed by atoms with Crippen LogP contribution in [0.4, 0.5) is 0 Å². The molecule has 0 bridgehead atoms. The third-order valence-electron chi connectivity index (χ3n) is 3.58. The molecule has 0 aromatic rings. The fourth-order valence-corrected chi connectivity index (χ4v) is 5.68. The number of ketones is 1. The molecule has 0 N–H and O–H groups in total. The fraction of sp³-hybridized carbons (Fsp3) is 0.941. The summed E-state index contributed by atoms with van der Waals surface area (Å²) in [5, 5.41) is 0. The molecule has 0 spiro atoms. The highest BCUT2D eigenvalue weighted by molar-refractivity contribution is 7.80. The predicted molar refractivity (Wildman–Crippen MR) is 101 cm³/mol. The summed E-state index contributed by atoms with van der Waals surface area (Å²) < 4.78 is 17.5. The standard InChI is InChI=1S/C17H36O4SSi/c1-5-8-9-10-11-13-17(18)14-12-15-23(19-6-2,20-7-3)21-16(4)22/h16,22H,5-15H2,1-4H3. The molecular formula is C17H36O4SSi. The first-order valence-electron chi connectivity index (χ1n) is 9.15. The molecule has 0 radical (unpaired) electrons. The van der Waals surface area contributed by atoms with Gasteiger partial charge in [-0.2, -0.15) is 0 Å². The molecule has 1 atom stereocenters. The van der Waals surface area contributed by atoms with Gasteiger partial charge in [0.1, 0.15) is 5.78 Å². The van der Waals surface area contributed by atoms with Crippen LogP contribution >= 0.6 is 12.6 Å². The van der Waals surface area contributed by atoms with Crippen molar-refractivity contribution in [2.24, 2.45) is 0 Å². The average molecular weight is 365 g/mol. The normalized spacial score (nSPS) is 13.3. The molecule has 138 valence electrons. The van der Waals surface area contributed by atoms with Crippen LogP contribution in [0, 0.1) is 0 Å². The van der Waals surface area contributed by atoms with Crippen molar-refractivity contribution in [3.05, 3.63) is 0 Å². The van der Waals surface area contributed by atoms with Crippen molar-refractivity contribution in [2.45, 2.75) is 90.5 Å². The molecule has 0 aliphatic carbocycles. The second-order valence-electron chi connectivity index (χ2n) is 5.82. The Balaban J connectivity index is 4.16.